The van der Waals surface area contributed by atoms with Crippen molar-refractivity contribution < 1.29 is 4.43 Å². The van der Waals surface area contributed by atoms with E-state index in [1.807, 2.05) is 0 Å². The molecule has 1 rings (SSSR count). The van der Waals surface area contributed by atoms with Gasteiger partial charge in [-0.1, -0.05) is 27.7 Å². The lowest BCUT2D eigenvalue weighted by Crippen LogP contribution is -2.64. The molecule has 0 heterocycles. The van der Waals surface area contributed by atoms with Gasteiger partial charge in [0.25, 0.3) is 8.48 Å². The van der Waals surface area contributed by atoms with E-state index in [0.29, 0.717) is 0 Å². The number of rotatable bonds is 4. The van der Waals surface area contributed by atoms with Gasteiger partial charge < -0.3 is 9.41 Å². The Hall–Kier alpha value is 0.137. The van der Waals surface area contributed by atoms with Crippen LogP contribution in [0.25, 0.3) is 0 Å². The summed E-state index contributed by atoms with van der Waals surface area (Å²) >= 11 is 0. The lowest BCUT2D eigenvalue weighted by atomic mass is 9.92. The quantitative estimate of drug-likeness (QED) is 0.777. The van der Waals surface area contributed by atoms with Gasteiger partial charge in [0.05, 0.1) is 0 Å². The molecule has 0 spiro atoms. The average Bonchev–Trinajstić information content (AvgIpc) is 2.39. The molecule has 1 atom stereocenters. The highest BCUT2D eigenvalue weighted by molar-refractivity contribution is 6.77. The van der Waals surface area contributed by atoms with Gasteiger partial charge in [-0.3, -0.25) is 0 Å². The second-order valence-corrected chi connectivity index (χ2v) is 10.5. The summed E-state index contributed by atoms with van der Waals surface area (Å²) < 4.78 is 6.46. The fraction of sp³-hybridized carbons (Fsp3) is 0.706. The van der Waals surface area contributed by atoms with E-state index in [1.165, 1.54) is 29.2 Å². The van der Waals surface area contributed by atoms with E-state index >= 15 is 0 Å². The first kappa shape index (κ1) is 18.2. The van der Waals surface area contributed by atoms with Crippen LogP contribution in [-0.4, -0.2) is 20.1 Å². The fourth-order valence-electron chi connectivity index (χ4n) is 3.27. The van der Waals surface area contributed by atoms with Crippen LogP contribution in [0.15, 0.2) is 0 Å². The third kappa shape index (κ3) is 3.86. The minimum absolute atomic E-state index is 0.0494. The molecule has 1 unspecified atom stereocenters. The van der Waals surface area contributed by atoms with Gasteiger partial charge in [0, 0.05) is 17.2 Å². The molecule has 1 aliphatic rings. The van der Waals surface area contributed by atoms with Crippen LogP contribution in [0, 0.1) is 29.2 Å². The molecule has 0 saturated heterocycles. The van der Waals surface area contributed by atoms with Crippen LogP contribution < -0.4 is 4.98 Å². The minimum Gasteiger partial charge on any atom is -0.400 e. The van der Waals surface area contributed by atoms with Crippen molar-refractivity contribution in [1.82, 2.24) is 4.98 Å². The Morgan fingerprint density at radius 2 is 1.30 bits per heavy atom. The summed E-state index contributed by atoms with van der Waals surface area (Å²) in [4.78, 5) is 3.82. The first-order valence-electron chi connectivity index (χ1n) is 7.59. The zero-order valence-corrected chi connectivity index (χ0v) is 16.0. The molecule has 115 valence electrons. The Balaban J connectivity index is 3.10. The predicted molar refractivity (Wildman–Crippen MR) is 89.6 cm³/mol. The molecule has 0 amide bonds. The molecule has 1 N–H and O–H groups in total. The van der Waals surface area contributed by atoms with E-state index in [9.17, 15) is 0 Å². The van der Waals surface area contributed by atoms with Crippen LogP contribution in [-0.2, 0) is 4.43 Å². The Morgan fingerprint density at radius 3 is 1.60 bits per heavy atom. The van der Waals surface area contributed by atoms with Gasteiger partial charge in [0.1, 0.15) is 0 Å². The summed E-state index contributed by atoms with van der Waals surface area (Å²) in [6, 6.07) is 0. The first-order valence-corrected chi connectivity index (χ1v) is 10.0. The van der Waals surface area contributed by atoms with Gasteiger partial charge in [-0.25, -0.2) is 0 Å². The smallest absolute Gasteiger partial charge is 0.274 e. The van der Waals surface area contributed by atoms with E-state index in [-0.39, 0.29) is 11.6 Å². The molecule has 0 bridgehead atoms. The van der Waals surface area contributed by atoms with Crippen molar-refractivity contribution in [3.63, 3.8) is 0 Å². The van der Waals surface area contributed by atoms with E-state index in [4.69, 9.17) is 4.43 Å². The maximum absolute atomic E-state index is 6.46. The van der Waals surface area contributed by atoms with E-state index < -0.39 is 8.48 Å². The van der Waals surface area contributed by atoms with Crippen molar-refractivity contribution in [2.24, 2.45) is 0 Å². The molecular formula is C17H32NOSi. The lowest BCUT2D eigenvalue weighted by molar-refractivity contribution is 0.215. The molecule has 0 aliphatic heterocycles. The molecule has 1 saturated carbocycles. The Kier molecular flexibility index (Phi) is 5.54. The maximum Gasteiger partial charge on any atom is 0.274 e. The lowest BCUT2D eigenvalue weighted by Gasteiger charge is -2.43. The fourth-order valence-corrected chi connectivity index (χ4v) is 7.75. The molecular weight excluding hydrogens is 262 g/mol. The van der Waals surface area contributed by atoms with E-state index in [2.05, 4.69) is 73.8 Å². The summed E-state index contributed by atoms with van der Waals surface area (Å²) in [5, 5.41) is 0. The van der Waals surface area contributed by atoms with Crippen LogP contribution in [0.3, 0.4) is 0 Å². The first-order chi connectivity index (χ1) is 8.89. The van der Waals surface area contributed by atoms with Gasteiger partial charge >= 0.3 is 0 Å². The van der Waals surface area contributed by atoms with Crippen molar-refractivity contribution >= 4 is 8.48 Å². The van der Waals surface area contributed by atoms with Gasteiger partial charge in [-0.15, -0.1) is 0 Å². The van der Waals surface area contributed by atoms with Crippen molar-refractivity contribution in [1.29, 1.82) is 0 Å². The summed E-state index contributed by atoms with van der Waals surface area (Å²) in [7, 11) is -2.17. The highest BCUT2D eigenvalue weighted by atomic mass is 28.4. The monoisotopic (exact) mass is 294 g/mol. The van der Waals surface area contributed by atoms with Gasteiger partial charge in [-0.2, -0.15) is 0 Å². The van der Waals surface area contributed by atoms with Gasteiger partial charge in [-0.05, 0) is 64.8 Å². The number of nitrogens with one attached hydrogen (secondary N) is 1. The zero-order chi connectivity index (χ0) is 15.9. The van der Waals surface area contributed by atoms with Crippen molar-refractivity contribution in [2.45, 2.75) is 80.5 Å². The van der Waals surface area contributed by atoms with Crippen molar-refractivity contribution in [3.05, 3.63) is 29.2 Å². The third-order valence-electron chi connectivity index (χ3n) is 4.00. The van der Waals surface area contributed by atoms with Gasteiger partial charge in [0.2, 0.25) is 0 Å². The Bertz CT molecular complexity index is 311. The Morgan fingerprint density at radius 1 is 0.900 bits per heavy atom. The second-order valence-electron chi connectivity index (χ2n) is 7.45. The average molecular weight is 295 g/mol. The summed E-state index contributed by atoms with van der Waals surface area (Å²) in [5.74, 6) is 5.65. The maximum atomic E-state index is 6.46. The molecule has 5 radical (unpaired) electrons. The molecule has 20 heavy (non-hydrogen) atoms. The molecule has 2 nitrogen and oxygen atoms in total. The Labute approximate surface area is 128 Å². The van der Waals surface area contributed by atoms with Crippen LogP contribution in [0.4, 0.5) is 0 Å². The predicted octanol–water partition coefficient (Wildman–Crippen LogP) is 4.38. The molecule has 0 aromatic carbocycles. The van der Waals surface area contributed by atoms with Crippen molar-refractivity contribution in [2.75, 3.05) is 0 Å². The van der Waals surface area contributed by atoms with Gasteiger partial charge in [0.15, 0.2) is 0 Å². The molecule has 0 aromatic rings. The molecule has 0 aromatic heterocycles. The summed E-state index contributed by atoms with van der Waals surface area (Å²) in [6.07, 6.45) is 0.232. The summed E-state index contributed by atoms with van der Waals surface area (Å²) in [5.41, 5.74) is 1.49. The van der Waals surface area contributed by atoms with Crippen LogP contribution in [0.2, 0.25) is 6.55 Å². The second kappa shape index (κ2) is 6.10. The number of hydrogen-bond acceptors (Lipinski definition) is 2. The van der Waals surface area contributed by atoms with E-state index in [1.54, 1.807) is 0 Å². The topological polar surface area (TPSA) is 21.3 Å². The van der Waals surface area contributed by atoms with Crippen LogP contribution in [0.1, 0.15) is 62.3 Å². The third-order valence-corrected chi connectivity index (χ3v) is 7.87. The highest BCUT2D eigenvalue weighted by Crippen LogP contribution is 2.55. The van der Waals surface area contributed by atoms with Crippen LogP contribution >= 0.6 is 0 Å². The molecule has 1 fully saturated rings. The normalized spacial score (nSPS) is 24.8. The number of hydrogen-bond donors (Lipinski definition) is 1. The zero-order valence-electron chi connectivity index (χ0n) is 15.0. The van der Waals surface area contributed by atoms with Crippen molar-refractivity contribution in [3.8, 4) is 0 Å². The summed E-state index contributed by atoms with van der Waals surface area (Å²) in [6.45, 7) is 22.1. The van der Waals surface area contributed by atoms with E-state index in [0.717, 1.165) is 0 Å². The van der Waals surface area contributed by atoms with Crippen LogP contribution in [0.5, 0.6) is 0 Å². The highest BCUT2D eigenvalue weighted by Gasteiger charge is 2.56. The molecule has 3 heteroatoms. The molecule has 1 aliphatic carbocycles. The largest absolute Gasteiger partial charge is 0.400 e. The minimum atomic E-state index is -2.17. The SMILES string of the molecule is C[C]1[C](C)[C](C)[C]([Si](C)(NC(C)(C)C)OC(C)C)[C]1C. The standard InChI is InChI=1S/C17H32NOSi/c1-11(2)19-20(10,18-17(7,8)9)16-14(5)12(3)13(4)15(16)6/h11,18H,1-10H3.